The summed E-state index contributed by atoms with van der Waals surface area (Å²) < 4.78 is 32.1. The lowest BCUT2D eigenvalue weighted by molar-refractivity contribution is 0.453. The van der Waals surface area contributed by atoms with E-state index in [1.165, 1.54) is 12.1 Å². The number of hydrogen-bond donors (Lipinski definition) is 1. The second-order valence-electron chi connectivity index (χ2n) is 3.81. The minimum Gasteiger partial charge on any atom is -0.459 e. The van der Waals surface area contributed by atoms with Gasteiger partial charge in [-0.1, -0.05) is 6.07 Å². The summed E-state index contributed by atoms with van der Waals surface area (Å²) in [5, 5.41) is 3.01. The van der Waals surface area contributed by atoms with Gasteiger partial charge in [-0.3, -0.25) is 0 Å². The Labute approximate surface area is 98.3 Å². The van der Waals surface area contributed by atoms with E-state index >= 15 is 0 Å². The maximum absolute atomic E-state index is 13.5. The molecule has 1 unspecified atom stereocenters. The van der Waals surface area contributed by atoms with Crippen molar-refractivity contribution in [1.29, 1.82) is 0 Å². The van der Waals surface area contributed by atoms with Crippen LogP contribution in [0.4, 0.5) is 8.78 Å². The molecule has 0 saturated carbocycles. The molecule has 0 fully saturated rings. The molecule has 2 aromatic rings. The van der Waals surface area contributed by atoms with Crippen LogP contribution in [0.2, 0.25) is 0 Å². The maximum Gasteiger partial charge on any atom is 0.169 e. The first-order chi connectivity index (χ1) is 8.13. The highest BCUT2D eigenvalue weighted by Crippen LogP contribution is 2.28. The van der Waals surface area contributed by atoms with Crippen LogP contribution in [-0.4, -0.2) is 7.05 Å². The number of rotatable bonds is 3. The molecule has 0 aliphatic heterocycles. The van der Waals surface area contributed by atoms with Crippen molar-refractivity contribution in [3.05, 3.63) is 47.7 Å². The number of hydrogen-bond acceptors (Lipinski definition) is 2. The molecule has 90 valence electrons. The van der Waals surface area contributed by atoms with E-state index in [1.807, 2.05) is 6.92 Å². The maximum atomic E-state index is 13.5. The fourth-order valence-corrected chi connectivity index (χ4v) is 1.57. The Bertz CT molecular complexity index is 522. The Morgan fingerprint density at radius 3 is 2.65 bits per heavy atom. The summed E-state index contributed by atoms with van der Waals surface area (Å²) in [5.41, 5.74) is 0.138. The summed E-state index contributed by atoms with van der Waals surface area (Å²) in [6, 6.07) is 7.45. The molecule has 1 N–H and O–H groups in total. The molecule has 2 nitrogen and oxygen atoms in total. The topological polar surface area (TPSA) is 25.2 Å². The summed E-state index contributed by atoms with van der Waals surface area (Å²) in [5.74, 6) is -0.738. The van der Waals surface area contributed by atoms with Gasteiger partial charge in [0.05, 0.1) is 11.6 Å². The standard InChI is InChI=1S/C13H13F2NO/c1-8(16-2)11-6-7-12(17-11)9-4-3-5-10(14)13(9)15/h3-8,16H,1-2H3. The van der Waals surface area contributed by atoms with Crippen LogP contribution in [0.25, 0.3) is 11.3 Å². The lowest BCUT2D eigenvalue weighted by Crippen LogP contribution is -2.11. The fourth-order valence-electron chi connectivity index (χ4n) is 1.57. The van der Waals surface area contributed by atoms with Gasteiger partial charge >= 0.3 is 0 Å². The third-order valence-corrected chi connectivity index (χ3v) is 2.70. The van der Waals surface area contributed by atoms with Gasteiger partial charge in [0.2, 0.25) is 0 Å². The van der Waals surface area contributed by atoms with Crippen LogP contribution in [0.3, 0.4) is 0 Å². The smallest absolute Gasteiger partial charge is 0.169 e. The van der Waals surface area contributed by atoms with Gasteiger partial charge in [0.25, 0.3) is 0 Å². The molecule has 0 saturated heterocycles. The predicted octanol–water partition coefficient (Wildman–Crippen LogP) is 3.51. The molecule has 17 heavy (non-hydrogen) atoms. The zero-order valence-corrected chi connectivity index (χ0v) is 9.63. The predicted molar refractivity (Wildman–Crippen MR) is 61.5 cm³/mol. The Hall–Kier alpha value is -1.68. The van der Waals surface area contributed by atoms with Crippen molar-refractivity contribution in [2.45, 2.75) is 13.0 Å². The van der Waals surface area contributed by atoms with Gasteiger partial charge < -0.3 is 9.73 Å². The molecule has 0 aliphatic carbocycles. The van der Waals surface area contributed by atoms with Crippen LogP contribution in [-0.2, 0) is 0 Å². The van der Waals surface area contributed by atoms with Crippen molar-refractivity contribution >= 4 is 0 Å². The molecule has 0 radical (unpaired) electrons. The first-order valence-corrected chi connectivity index (χ1v) is 5.35. The van der Waals surface area contributed by atoms with Crippen molar-refractivity contribution in [3.63, 3.8) is 0 Å². The van der Waals surface area contributed by atoms with Crippen LogP contribution in [0.15, 0.2) is 34.7 Å². The van der Waals surface area contributed by atoms with Crippen LogP contribution < -0.4 is 5.32 Å². The zero-order chi connectivity index (χ0) is 12.4. The Morgan fingerprint density at radius 2 is 1.94 bits per heavy atom. The second-order valence-corrected chi connectivity index (χ2v) is 3.81. The van der Waals surface area contributed by atoms with Crippen molar-refractivity contribution in [1.82, 2.24) is 5.32 Å². The third kappa shape index (κ3) is 2.22. The summed E-state index contributed by atoms with van der Waals surface area (Å²) in [6.07, 6.45) is 0. The van der Waals surface area contributed by atoms with E-state index in [4.69, 9.17) is 4.42 Å². The average Bonchev–Trinajstić information content (AvgIpc) is 2.81. The molecule has 4 heteroatoms. The van der Waals surface area contributed by atoms with Crippen LogP contribution >= 0.6 is 0 Å². The minimum atomic E-state index is -0.884. The molecule has 1 aromatic heterocycles. The third-order valence-electron chi connectivity index (χ3n) is 2.70. The van der Waals surface area contributed by atoms with E-state index in [2.05, 4.69) is 5.32 Å². The van der Waals surface area contributed by atoms with Gasteiger partial charge in [0.1, 0.15) is 11.5 Å². The van der Waals surface area contributed by atoms with E-state index in [0.29, 0.717) is 11.5 Å². The van der Waals surface area contributed by atoms with Gasteiger partial charge in [-0.05, 0) is 38.2 Å². The highest BCUT2D eigenvalue weighted by Gasteiger charge is 2.14. The van der Waals surface area contributed by atoms with Gasteiger partial charge in [-0.25, -0.2) is 8.78 Å². The van der Waals surface area contributed by atoms with Crippen molar-refractivity contribution in [3.8, 4) is 11.3 Å². The molecule has 1 atom stereocenters. The quantitative estimate of drug-likeness (QED) is 0.883. The van der Waals surface area contributed by atoms with Crippen LogP contribution in [0.5, 0.6) is 0 Å². The molecule has 1 heterocycles. The van der Waals surface area contributed by atoms with Gasteiger partial charge in [-0.15, -0.1) is 0 Å². The summed E-state index contributed by atoms with van der Waals surface area (Å²) >= 11 is 0. The molecule has 0 bridgehead atoms. The van der Waals surface area contributed by atoms with Gasteiger partial charge in [-0.2, -0.15) is 0 Å². The Morgan fingerprint density at radius 1 is 1.18 bits per heavy atom. The lowest BCUT2D eigenvalue weighted by atomic mass is 10.1. The summed E-state index contributed by atoms with van der Waals surface area (Å²) in [7, 11) is 1.80. The number of benzene rings is 1. The van der Waals surface area contributed by atoms with Crippen LogP contribution in [0, 0.1) is 11.6 Å². The minimum absolute atomic E-state index is 0.0281. The van der Waals surface area contributed by atoms with E-state index in [0.717, 1.165) is 6.07 Å². The number of nitrogens with one attached hydrogen (secondary N) is 1. The normalized spacial score (nSPS) is 12.7. The molecule has 0 spiro atoms. The van der Waals surface area contributed by atoms with Gasteiger partial charge in [0, 0.05) is 0 Å². The molecular weight excluding hydrogens is 224 g/mol. The molecule has 1 aromatic carbocycles. The molecule has 0 aliphatic rings. The highest BCUT2D eigenvalue weighted by molar-refractivity contribution is 5.58. The van der Waals surface area contributed by atoms with Crippen molar-refractivity contribution in [2.24, 2.45) is 0 Å². The SMILES string of the molecule is CNC(C)c1ccc(-c2cccc(F)c2F)o1. The zero-order valence-electron chi connectivity index (χ0n) is 9.63. The molecule has 0 amide bonds. The lowest BCUT2D eigenvalue weighted by Gasteiger charge is -2.06. The van der Waals surface area contributed by atoms with Crippen molar-refractivity contribution in [2.75, 3.05) is 7.05 Å². The first-order valence-electron chi connectivity index (χ1n) is 5.35. The summed E-state index contributed by atoms with van der Waals surface area (Å²) in [6.45, 7) is 1.92. The second kappa shape index (κ2) is 4.67. The Balaban J connectivity index is 2.40. The number of halogens is 2. The van der Waals surface area contributed by atoms with E-state index in [-0.39, 0.29) is 11.6 Å². The van der Waals surface area contributed by atoms with E-state index < -0.39 is 11.6 Å². The Kier molecular flexibility index (Phi) is 3.24. The molecule has 2 rings (SSSR count). The van der Waals surface area contributed by atoms with E-state index in [1.54, 1.807) is 19.2 Å². The number of furan rings is 1. The fraction of sp³-hybridized carbons (Fsp3) is 0.231. The van der Waals surface area contributed by atoms with Crippen molar-refractivity contribution < 1.29 is 13.2 Å². The monoisotopic (exact) mass is 237 g/mol. The molecular formula is C13H13F2NO. The van der Waals surface area contributed by atoms with Gasteiger partial charge in [0.15, 0.2) is 11.6 Å². The largest absolute Gasteiger partial charge is 0.459 e. The summed E-state index contributed by atoms with van der Waals surface area (Å²) in [4.78, 5) is 0. The average molecular weight is 237 g/mol. The highest BCUT2D eigenvalue weighted by atomic mass is 19.2. The van der Waals surface area contributed by atoms with E-state index in [9.17, 15) is 8.78 Å². The van der Waals surface area contributed by atoms with Crippen LogP contribution in [0.1, 0.15) is 18.7 Å². The first kappa shape index (κ1) is 11.8.